The summed E-state index contributed by atoms with van der Waals surface area (Å²) >= 11 is 0. The first-order chi connectivity index (χ1) is 9.74. The van der Waals surface area contributed by atoms with Gasteiger partial charge in [0, 0.05) is 19.3 Å². The largest absolute Gasteiger partial charge is 0.467 e. The van der Waals surface area contributed by atoms with Crippen molar-refractivity contribution in [3.8, 4) is 0 Å². The van der Waals surface area contributed by atoms with Crippen LogP contribution in [0, 0.1) is 5.92 Å². The summed E-state index contributed by atoms with van der Waals surface area (Å²) in [5.74, 6) is 0.957. The molecule has 1 aliphatic rings. The van der Waals surface area contributed by atoms with Crippen molar-refractivity contribution in [2.75, 3.05) is 18.9 Å². The van der Waals surface area contributed by atoms with Crippen molar-refractivity contribution in [1.29, 1.82) is 0 Å². The Morgan fingerprint density at radius 2 is 2.20 bits per heavy atom. The Labute approximate surface area is 118 Å². The topological polar surface area (TPSA) is 45.5 Å². The second kappa shape index (κ2) is 5.41. The zero-order valence-electron chi connectivity index (χ0n) is 11.5. The van der Waals surface area contributed by atoms with Crippen LogP contribution in [0.2, 0.25) is 0 Å². The molecule has 1 aromatic heterocycles. The SMILES string of the molecule is CN(Cc1ccco1)C(=O)C1CNc2ccccc2C1. The lowest BCUT2D eigenvalue weighted by atomic mass is 9.93. The normalized spacial score (nSPS) is 17.1. The van der Waals surface area contributed by atoms with Gasteiger partial charge in [-0.15, -0.1) is 0 Å². The molecular weight excluding hydrogens is 252 g/mol. The van der Waals surface area contributed by atoms with E-state index < -0.39 is 0 Å². The third-order valence-corrected chi connectivity index (χ3v) is 3.72. The molecule has 0 saturated heterocycles. The smallest absolute Gasteiger partial charge is 0.227 e. The third-order valence-electron chi connectivity index (χ3n) is 3.72. The van der Waals surface area contributed by atoms with E-state index in [1.165, 1.54) is 5.56 Å². The first-order valence-corrected chi connectivity index (χ1v) is 6.83. The van der Waals surface area contributed by atoms with Crippen LogP contribution < -0.4 is 5.32 Å². The van der Waals surface area contributed by atoms with E-state index in [4.69, 9.17) is 4.42 Å². The zero-order valence-corrected chi connectivity index (χ0v) is 11.5. The van der Waals surface area contributed by atoms with Crippen molar-refractivity contribution in [2.24, 2.45) is 5.92 Å². The Kier molecular flexibility index (Phi) is 3.46. The second-order valence-corrected chi connectivity index (χ2v) is 5.21. The van der Waals surface area contributed by atoms with Crippen molar-refractivity contribution in [1.82, 2.24) is 4.90 Å². The molecule has 4 nitrogen and oxygen atoms in total. The number of benzene rings is 1. The molecule has 0 bridgehead atoms. The third kappa shape index (κ3) is 2.54. The standard InChI is InChI=1S/C16H18N2O2/c1-18(11-14-6-4-8-20-14)16(19)13-9-12-5-2-3-7-15(12)17-10-13/h2-8,13,17H,9-11H2,1H3. The summed E-state index contributed by atoms with van der Waals surface area (Å²) < 4.78 is 5.29. The molecular formula is C16H18N2O2. The van der Waals surface area contributed by atoms with E-state index in [1.807, 2.05) is 31.3 Å². The second-order valence-electron chi connectivity index (χ2n) is 5.21. The van der Waals surface area contributed by atoms with Gasteiger partial charge in [-0.1, -0.05) is 18.2 Å². The van der Waals surface area contributed by atoms with Gasteiger partial charge in [0.05, 0.1) is 18.7 Å². The van der Waals surface area contributed by atoms with Crippen LogP contribution in [0.5, 0.6) is 0 Å². The molecule has 0 fully saturated rings. The number of nitrogens with one attached hydrogen (secondary N) is 1. The summed E-state index contributed by atoms with van der Waals surface area (Å²) in [5.41, 5.74) is 2.36. The minimum absolute atomic E-state index is 0.00939. The van der Waals surface area contributed by atoms with Gasteiger partial charge >= 0.3 is 0 Å². The first-order valence-electron chi connectivity index (χ1n) is 6.83. The predicted octanol–water partition coefficient (Wildman–Crippen LogP) is 2.52. The molecule has 104 valence electrons. The number of furan rings is 1. The fourth-order valence-electron chi connectivity index (χ4n) is 2.64. The molecule has 0 aliphatic carbocycles. The van der Waals surface area contributed by atoms with E-state index in [1.54, 1.807) is 11.2 Å². The monoisotopic (exact) mass is 270 g/mol. The van der Waals surface area contributed by atoms with E-state index >= 15 is 0 Å². The molecule has 0 saturated carbocycles. The molecule has 1 amide bonds. The number of anilines is 1. The highest BCUT2D eigenvalue weighted by Gasteiger charge is 2.26. The van der Waals surface area contributed by atoms with Crippen LogP contribution in [0.3, 0.4) is 0 Å². The fourth-order valence-corrected chi connectivity index (χ4v) is 2.64. The highest BCUT2D eigenvalue weighted by atomic mass is 16.3. The summed E-state index contributed by atoms with van der Waals surface area (Å²) in [5, 5.41) is 3.34. The number of para-hydroxylation sites is 1. The summed E-state index contributed by atoms with van der Waals surface area (Å²) in [7, 11) is 1.82. The van der Waals surface area contributed by atoms with Crippen LogP contribution in [0.1, 0.15) is 11.3 Å². The molecule has 1 unspecified atom stereocenters. The minimum atomic E-state index is -0.00939. The van der Waals surface area contributed by atoms with Gasteiger partial charge < -0.3 is 14.6 Å². The molecule has 1 aromatic carbocycles. The number of hydrogen-bond acceptors (Lipinski definition) is 3. The van der Waals surface area contributed by atoms with Gasteiger partial charge in [-0.2, -0.15) is 0 Å². The van der Waals surface area contributed by atoms with Crippen LogP contribution in [0.15, 0.2) is 47.1 Å². The number of carbonyl (C=O) groups excluding carboxylic acids is 1. The van der Waals surface area contributed by atoms with Crippen LogP contribution in [-0.4, -0.2) is 24.4 Å². The minimum Gasteiger partial charge on any atom is -0.467 e. The molecule has 0 radical (unpaired) electrons. The summed E-state index contributed by atoms with van der Waals surface area (Å²) in [6.07, 6.45) is 2.43. The first kappa shape index (κ1) is 12.8. The van der Waals surface area contributed by atoms with Crippen LogP contribution in [0.25, 0.3) is 0 Å². The van der Waals surface area contributed by atoms with Crippen molar-refractivity contribution in [2.45, 2.75) is 13.0 Å². The number of amides is 1. The molecule has 0 spiro atoms. The average Bonchev–Trinajstić information content (AvgIpc) is 2.99. The molecule has 1 atom stereocenters. The predicted molar refractivity (Wildman–Crippen MR) is 77.3 cm³/mol. The number of carbonyl (C=O) groups is 1. The van der Waals surface area contributed by atoms with Gasteiger partial charge in [-0.25, -0.2) is 0 Å². The number of hydrogen-bond donors (Lipinski definition) is 1. The average molecular weight is 270 g/mol. The number of nitrogens with zero attached hydrogens (tertiary/aromatic N) is 1. The fraction of sp³-hybridized carbons (Fsp3) is 0.312. The van der Waals surface area contributed by atoms with Gasteiger partial charge in [0.15, 0.2) is 0 Å². The van der Waals surface area contributed by atoms with E-state index in [9.17, 15) is 4.79 Å². The summed E-state index contributed by atoms with van der Waals surface area (Å²) in [6.45, 7) is 1.21. The maximum atomic E-state index is 12.5. The van der Waals surface area contributed by atoms with Gasteiger partial charge in [0.1, 0.15) is 5.76 Å². The number of rotatable bonds is 3. The van der Waals surface area contributed by atoms with Crippen molar-refractivity contribution in [3.05, 3.63) is 54.0 Å². The Bertz CT molecular complexity index is 592. The highest BCUT2D eigenvalue weighted by molar-refractivity contribution is 5.80. The van der Waals surface area contributed by atoms with Crippen LogP contribution >= 0.6 is 0 Å². The molecule has 3 rings (SSSR count). The Balaban J connectivity index is 1.66. The summed E-state index contributed by atoms with van der Waals surface area (Å²) in [4.78, 5) is 14.2. The Morgan fingerprint density at radius 1 is 1.35 bits per heavy atom. The molecule has 20 heavy (non-hydrogen) atoms. The lowest BCUT2D eigenvalue weighted by Crippen LogP contribution is -2.39. The lowest BCUT2D eigenvalue weighted by molar-refractivity contribution is -0.134. The summed E-state index contributed by atoms with van der Waals surface area (Å²) in [6, 6.07) is 11.9. The Morgan fingerprint density at radius 3 is 3.00 bits per heavy atom. The van der Waals surface area contributed by atoms with Crippen molar-refractivity contribution >= 4 is 11.6 Å². The van der Waals surface area contributed by atoms with E-state index in [-0.39, 0.29) is 11.8 Å². The Hall–Kier alpha value is -2.23. The van der Waals surface area contributed by atoms with Crippen LogP contribution in [0.4, 0.5) is 5.69 Å². The van der Waals surface area contributed by atoms with E-state index in [2.05, 4.69) is 17.4 Å². The highest BCUT2D eigenvalue weighted by Crippen LogP contribution is 2.25. The molecule has 2 aromatic rings. The van der Waals surface area contributed by atoms with Crippen LogP contribution in [-0.2, 0) is 17.8 Å². The van der Waals surface area contributed by atoms with Crippen molar-refractivity contribution in [3.63, 3.8) is 0 Å². The van der Waals surface area contributed by atoms with Crippen molar-refractivity contribution < 1.29 is 9.21 Å². The lowest BCUT2D eigenvalue weighted by Gasteiger charge is -2.28. The maximum Gasteiger partial charge on any atom is 0.227 e. The van der Waals surface area contributed by atoms with E-state index in [0.717, 1.165) is 17.9 Å². The maximum absolute atomic E-state index is 12.5. The molecule has 2 heterocycles. The van der Waals surface area contributed by atoms with E-state index in [0.29, 0.717) is 13.1 Å². The molecule has 1 aliphatic heterocycles. The molecule has 1 N–H and O–H groups in total. The number of fused-ring (bicyclic) bond motifs is 1. The van der Waals surface area contributed by atoms with Gasteiger partial charge in [0.2, 0.25) is 5.91 Å². The van der Waals surface area contributed by atoms with Gasteiger partial charge in [-0.3, -0.25) is 4.79 Å². The molecule has 4 heteroatoms. The zero-order chi connectivity index (χ0) is 13.9. The van der Waals surface area contributed by atoms with Gasteiger partial charge in [-0.05, 0) is 30.2 Å². The quantitative estimate of drug-likeness (QED) is 0.932. The van der Waals surface area contributed by atoms with Gasteiger partial charge in [0.25, 0.3) is 0 Å².